The molecular formula is C12H27N3. The minimum Gasteiger partial charge on any atom is -0.314 e. The van der Waals surface area contributed by atoms with Crippen LogP contribution in [-0.2, 0) is 0 Å². The van der Waals surface area contributed by atoms with E-state index >= 15 is 0 Å². The first-order valence-electron chi connectivity index (χ1n) is 6.34. The summed E-state index contributed by atoms with van der Waals surface area (Å²) < 4.78 is 0. The van der Waals surface area contributed by atoms with Gasteiger partial charge in [-0.05, 0) is 32.5 Å². The molecule has 0 amide bonds. The summed E-state index contributed by atoms with van der Waals surface area (Å²) in [5, 5.41) is 3.40. The summed E-state index contributed by atoms with van der Waals surface area (Å²) in [6, 6.07) is 0. The van der Waals surface area contributed by atoms with Crippen molar-refractivity contribution in [3.63, 3.8) is 0 Å². The Kier molecular flexibility index (Phi) is 6.22. The molecule has 0 radical (unpaired) electrons. The zero-order valence-electron chi connectivity index (χ0n) is 10.6. The van der Waals surface area contributed by atoms with E-state index < -0.39 is 0 Å². The predicted molar refractivity (Wildman–Crippen MR) is 66.3 cm³/mol. The van der Waals surface area contributed by atoms with E-state index in [2.05, 4.69) is 36.0 Å². The predicted octanol–water partition coefficient (Wildman–Crippen LogP) is 0.870. The Bertz CT molecular complexity index is 155. The number of nitrogens with one attached hydrogen (secondary N) is 1. The highest BCUT2D eigenvalue weighted by Gasteiger charge is 2.12. The third-order valence-electron chi connectivity index (χ3n) is 3.32. The van der Waals surface area contributed by atoms with Gasteiger partial charge >= 0.3 is 0 Å². The van der Waals surface area contributed by atoms with Crippen LogP contribution >= 0.6 is 0 Å². The van der Waals surface area contributed by atoms with Crippen LogP contribution in [0.3, 0.4) is 0 Å². The van der Waals surface area contributed by atoms with Crippen molar-refractivity contribution in [3.05, 3.63) is 0 Å². The van der Waals surface area contributed by atoms with Crippen LogP contribution in [-0.4, -0.2) is 62.7 Å². The lowest BCUT2D eigenvalue weighted by Crippen LogP contribution is -2.45. The van der Waals surface area contributed by atoms with Crippen LogP contribution in [0.25, 0.3) is 0 Å². The maximum absolute atomic E-state index is 3.40. The molecule has 0 aromatic heterocycles. The average molecular weight is 213 g/mol. The fraction of sp³-hybridized carbons (Fsp3) is 1.00. The maximum atomic E-state index is 3.40. The third kappa shape index (κ3) is 5.50. The molecule has 1 aliphatic rings. The van der Waals surface area contributed by atoms with Crippen LogP contribution in [0.4, 0.5) is 0 Å². The second-order valence-electron chi connectivity index (χ2n) is 4.84. The van der Waals surface area contributed by atoms with E-state index in [-0.39, 0.29) is 0 Å². The number of hydrogen-bond donors (Lipinski definition) is 1. The lowest BCUT2D eigenvalue weighted by atomic mass is 10.1. The molecule has 1 atom stereocenters. The van der Waals surface area contributed by atoms with Crippen LogP contribution < -0.4 is 5.32 Å². The highest BCUT2D eigenvalue weighted by molar-refractivity contribution is 4.70. The second-order valence-corrected chi connectivity index (χ2v) is 4.84. The van der Waals surface area contributed by atoms with Gasteiger partial charge in [0.15, 0.2) is 0 Å². The van der Waals surface area contributed by atoms with Gasteiger partial charge in [0.05, 0.1) is 0 Å². The number of hydrogen-bond acceptors (Lipinski definition) is 3. The fourth-order valence-corrected chi connectivity index (χ4v) is 2.02. The molecule has 0 saturated carbocycles. The highest BCUT2D eigenvalue weighted by Crippen LogP contribution is 2.06. The van der Waals surface area contributed by atoms with E-state index in [1.807, 2.05) is 0 Å². The lowest BCUT2D eigenvalue weighted by molar-refractivity contribution is 0.198. The van der Waals surface area contributed by atoms with Gasteiger partial charge in [0.1, 0.15) is 0 Å². The minimum atomic E-state index is 0.831. The molecule has 1 aliphatic heterocycles. The summed E-state index contributed by atoms with van der Waals surface area (Å²) >= 11 is 0. The minimum absolute atomic E-state index is 0.831. The molecule has 0 aromatic carbocycles. The van der Waals surface area contributed by atoms with Gasteiger partial charge in [-0.25, -0.2) is 0 Å². The van der Waals surface area contributed by atoms with Crippen LogP contribution in [0, 0.1) is 5.92 Å². The molecule has 15 heavy (non-hydrogen) atoms. The SMILES string of the molecule is CCN(C)CCC(C)CN1CCNCC1. The molecule has 1 N–H and O–H groups in total. The Morgan fingerprint density at radius 3 is 2.60 bits per heavy atom. The van der Waals surface area contributed by atoms with E-state index in [0.29, 0.717) is 0 Å². The van der Waals surface area contributed by atoms with Gasteiger partial charge in [0.2, 0.25) is 0 Å². The van der Waals surface area contributed by atoms with E-state index in [4.69, 9.17) is 0 Å². The van der Waals surface area contributed by atoms with Crippen molar-refractivity contribution >= 4 is 0 Å². The fourth-order valence-electron chi connectivity index (χ4n) is 2.02. The molecular weight excluding hydrogens is 186 g/mol. The summed E-state index contributed by atoms with van der Waals surface area (Å²) in [7, 11) is 2.21. The number of nitrogens with zero attached hydrogens (tertiary/aromatic N) is 2. The Morgan fingerprint density at radius 1 is 1.33 bits per heavy atom. The summed E-state index contributed by atoms with van der Waals surface area (Å²) in [5.74, 6) is 0.831. The first kappa shape index (κ1) is 12.9. The molecule has 3 heteroatoms. The molecule has 3 nitrogen and oxygen atoms in total. The van der Waals surface area contributed by atoms with Crippen molar-refractivity contribution in [2.75, 3.05) is 52.9 Å². The maximum Gasteiger partial charge on any atom is 0.0107 e. The van der Waals surface area contributed by atoms with Gasteiger partial charge in [-0.3, -0.25) is 0 Å². The number of piperazine rings is 1. The van der Waals surface area contributed by atoms with E-state index in [1.165, 1.54) is 52.2 Å². The zero-order valence-corrected chi connectivity index (χ0v) is 10.6. The third-order valence-corrected chi connectivity index (χ3v) is 3.32. The first-order chi connectivity index (χ1) is 7.22. The summed E-state index contributed by atoms with van der Waals surface area (Å²) in [4.78, 5) is 4.99. The molecule has 1 unspecified atom stereocenters. The number of rotatable bonds is 6. The van der Waals surface area contributed by atoms with Crippen molar-refractivity contribution in [2.45, 2.75) is 20.3 Å². The van der Waals surface area contributed by atoms with Crippen LogP contribution in [0.15, 0.2) is 0 Å². The van der Waals surface area contributed by atoms with Crippen molar-refractivity contribution in [1.82, 2.24) is 15.1 Å². The van der Waals surface area contributed by atoms with Crippen LogP contribution in [0.2, 0.25) is 0 Å². The Labute approximate surface area is 94.8 Å². The molecule has 0 spiro atoms. The molecule has 1 heterocycles. The molecule has 1 rings (SSSR count). The second kappa shape index (κ2) is 7.20. The molecule has 0 aliphatic carbocycles. The summed E-state index contributed by atoms with van der Waals surface area (Å²) in [5.41, 5.74) is 0. The van der Waals surface area contributed by atoms with Gasteiger partial charge in [0.25, 0.3) is 0 Å². The van der Waals surface area contributed by atoms with Gasteiger partial charge in [-0.15, -0.1) is 0 Å². The topological polar surface area (TPSA) is 18.5 Å². The smallest absolute Gasteiger partial charge is 0.0107 e. The normalized spacial score (nSPS) is 20.8. The van der Waals surface area contributed by atoms with Crippen molar-refractivity contribution in [3.8, 4) is 0 Å². The van der Waals surface area contributed by atoms with Crippen molar-refractivity contribution in [1.29, 1.82) is 0 Å². The van der Waals surface area contributed by atoms with Gasteiger partial charge < -0.3 is 15.1 Å². The summed E-state index contributed by atoms with van der Waals surface area (Å²) in [6.07, 6.45) is 1.33. The Morgan fingerprint density at radius 2 is 2.00 bits per heavy atom. The Balaban J connectivity index is 2.08. The van der Waals surface area contributed by atoms with E-state index in [1.54, 1.807) is 0 Å². The van der Waals surface area contributed by atoms with E-state index in [9.17, 15) is 0 Å². The quantitative estimate of drug-likeness (QED) is 0.706. The monoisotopic (exact) mass is 213 g/mol. The lowest BCUT2D eigenvalue weighted by Gasteiger charge is -2.30. The van der Waals surface area contributed by atoms with Gasteiger partial charge in [-0.1, -0.05) is 13.8 Å². The van der Waals surface area contributed by atoms with Gasteiger partial charge in [0, 0.05) is 32.7 Å². The van der Waals surface area contributed by atoms with Crippen molar-refractivity contribution < 1.29 is 0 Å². The van der Waals surface area contributed by atoms with Gasteiger partial charge in [-0.2, -0.15) is 0 Å². The molecule has 0 bridgehead atoms. The van der Waals surface area contributed by atoms with E-state index in [0.717, 1.165) is 5.92 Å². The Hall–Kier alpha value is -0.120. The summed E-state index contributed by atoms with van der Waals surface area (Å²) in [6.45, 7) is 13.1. The molecule has 1 saturated heterocycles. The highest BCUT2D eigenvalue weighted by atomic mass is 15.2. The molecule has 0 aromatic rings. The standard InChI is InChI=1S/C12H27N3/c1-4-14(3)8-5-12(2)11-15-9-6-13-7-10-15/h12-13H,4-11H2,1-3H3. The van der Waals surface area contributed by atoms with Crippen LogP contribution in [0.5, 0.6) is 0 Å². The van der Waals surface area contributed by atoms with Crippen molar-refractivity contribution in [2.24, 2.45) is 5.92 Å². The van der Waals surface area contributed by atoms with Crippen LogP contribution in [0.1, 0.15) is 20.3 Å². The first-order valence-corrected chi connectivity index (χ1v) is 6.34. The molecule has 1 fully saturated rings. The zero-order chi connectivity index (χ0) is 11.1. The average Bonchev–Trinajstić information content (AvgIpc) is 2.27. The largest absolute Gasteiger partial charge is 0.314 e. The molecule has 90 valence electrons.